The van der Waals surface area contributed by atoms with Gasteiger partial charge in [-0.3, -0.25) is 0 Å². The number of aliphatic carboxylic acids is 1. The molecule has 0 amide bonds. The second-order valence-electron chi connectivity index (χ2n) is 5.58. The first-order valence-corrected chi connectivity index (χ1v) is 6.40. The summed E-state index contributed by atoms with van der Waals surface area (Å²) < 4.78 is 5.20. The minimum atomic E-state index is -0.787. The lowest BCUT2D eigenvalue weighted by Gasteiger charge is -2.39. The van der Waals surface area contributed by atoms with Crippen LogP contribution in [0.4, 0.5) is 0 Å². The first kappa shape index (κ1) is 12.9. The van der Waals surface area contributed by atoms with E-state index < -0.39 is 5.97 Å². The van der Waals surface area contributed by atoms with E-state index in [1.54, 1.807) is 12.5 Å². The van der Waals surface area contributed by atoms with E-state index in [2.05, 4.69) is 13.8 Å². The van der Waals surface area contributed by atoms with Gasteiger partial charge in [-0.25, -0.2) is 4.79 Å². The quantitative estimate of drug-likeness (QED) is 0.889. The molecule has 3 heteroatoms. The summed E-state index contributed by atoms with van der Waals surface area (Å²) in [7, 11) is 0. The van der Waals surface area contributed by atoms with Crippen molar-refractivity contribution < 1.29 is 14.3 Å². The highest BCUT2D eigenvalue weighted by Crippen LogP contribution is 2.45. The van der Waals surface area contributed by atoms with E-state index in [1.807, 2.05) is 13.0 Å². The molecule has 0 spiro atoms. The van der Waals surface area contributed by atoms with E-state index in [1.165, 1.54) is 0 Å². The molecule has 0 aliphatic heterocycles. The van der Waals surface area contributed by atoms with Crippen molar-refractivity contribution in [2.75, 3.05) is 0 Å². The minimum Gasteiger partial charge on any atom is -0.478 e. The molecule has 0 fully saturated rings. The van der Waals surface area contributed by atoms with E-state index in [4.69, 9.17) is 4.42 Å². The Morgan fingerprint density at radius 1 is 1.56 bits per heavy atom. The molecule has 18 heavy (non-hydrogen) atoms. The average molecular weight is 248 g/mol. The van der Waals surface area contributed by atoms with Crippen LogP contribution in [0.15, 0.2) is 28.6 Å². The van der Waals surface area contributed by atoms with Crippen molar-refractivity contribution in [3.8, 4) is 0 Å². The van der Waals surface area contributed by atoms with E-state index in [-0.39, 0.29) is 5.41 Å². The van der Waals surface area contributed by atoms with Gasteiger partial charge in [0, 0.05) is 11.0 Å². The molecule has 0 aromatic carbocycles. The number of furan rings is 1. The molecular formula is C15H20O3. The molecular weight excluding hydrogens is 228 g/mol. The predicted octanol–water partition coefficient (Wildman–Crippen LogP) is 3.58. The van der Waals surface area contributed by atoms with E-state index in [9.17, 15) is 9.90 Å². The Labute approximate surface area is 108 Å². The number of aryl methyl sites for hydroxylation is 1. The van der Waals surface area contributed by atoms with Crippen LogP contribution in [0.5, 0.6) is 0 Å². The van der Waals surface area contributed by atoms with Crippen molar-refractivity contribution in [2.45, 2.75) is 40.0 Å². The molecule has 1 aliphatic rings. The van der Waals surface area contributed by atoms with Crippen molar-refractivity contribution in [2.24, 2.45) is 11.3 Å². The summed E-state index contributed by atoms with van der Waals surface area (Å²) in [5, 5.41) is 9.40. The summed E-state index contributed by atoms with van der Waals surface area (Å²) in [4.78, 5) is 11.4. The fraction of sp³-hybridized carbons (Fsp3) is 0.533. The van der Waals surface area contributed by atoms with Crippen LogP contribution in [-0.4, -0.2) is 11.1 Å². The fourth-order valence-electron chi connectivity index (χ4n) is 2.86. The van der Waals surface area contributed by atoms with Gasteiger partial charge >= 0.3 is 5.97 Å². The van der Waals surface area contributed by atoms with Crippen LogP contribution in [0, 0.1) is 18.3 Å². The topological polar surface area (TPSA) is 50.4 Å². The zero-order valence-electron chi connectivity index (χ0n) is 11.2. The van der Waals surface area contributed by atoms with Gasteiger partial charge in [0.05, 0.1) is 12.5 Å². The third-order valence-corrected chi connectivity index (χ3v) is 4.40. The molecule has 0 radical (unpaired) electrons. The smallest absolute Gasteiger partial charge is 0.331 e. The molecule has 0 saturated carbocycles. The molecule has 1 aliphatic carbocycles. The number of carbonyl (C=O) groups is 1. The molecule has 0 bridgehead atoms. The summed E-state index contributed by atoms with van der Waals surface area (Å²) in [6.45, 7) is 6.20. The summed E-state index contributed by atoms with van der Waals surface area (Å²) in [5.74, 6) is -0.423. The van der Waals surface area contributed by atoms with Crippen molar-refractivity contribution in [1.29, 1.82) is 0 Å². The standard InChI is InChI=1S/C15H20O3/c1-10-8-18-9-12(10)7-15(3)11(2)5-4-6-13(15)14(16)17/h6,8-9,11H,4-5,7H2,1-3H3,(H,16,17)/t11-,15+/m0/s1. The summed E-state index contributed by atoms with van der Waals surface area (Å²) in [6.07, 6.45) is 7.98. The van der Waals surface area contributed by atoms with Crippen LogP contribution in [0.25, 0.3) is 0 Å². The van der Waals surface area contributed by atoms with Gasteiger partial charge in [0.25, 0.3) is 0 Å². The van der Waals surface area contributed by atoms with E-state index in [0.717, 1.165) is 30.4 Å². The first-order chi connectivity index (χ1) is 8.45. The molecule has 2 atom stereocenters. The van der Waals surface area contributed by atoms with Gasteiger partial charge in [-0.1, -0.05) is 19.9 Å². The van der Waals surface area contributed by atoms with Crippen LogP contribution >= 0.6 is 0 Å². The highest BCUT2D eigenvalue weighted by Gasteiger charge is 2.40. The predicted molar refractivity (Wildman–Crippen MR) is 69.4 cm³/mol. The second kappa shape index (κ2) is 4.63. The highest BCUT2D eigenvalue weighted by molar-refractivity contribution is 5.88. The van der Waals surface area contributed by atoms with Gasteiger partial charge < -0.3 is 9.52 Å². The van der Waals surface area contributed by atoms with Gasteiger partial charge in [0.15, 0.2) is 0 Å². The Bertz CT molecular complexity index is 484. The maximum atomic E-state index is 11.4. The Balaban J connectivity index is 2.36. The lowest BCUT2D eigenvalue weighted by molar-refractivity contribution is -0.134. The Morgan fingerprint density at radius 3 is 2.83 bits per heavy atom. The number of carboxylic acid groups (broad SMARTS) is 1. The third-order valence-electron chi connectivity index (χ3n) is 4.40. The summed E-state index contributed by atoms with van der Waals surface area (Å²) >= 11 is 0. The van der Waals surface area contributed by atoms with Crippen molar-refractivity contribution in [1.82, 2.24) is 0 Å². The van der Waals surface area contributed by atoms with Gasteiger partial charge in [-0.15, -0.1) is 0 Å². The zero-order valence-corrected chi connectivity index (χ0v) is 11.2. The Morgan fingerprint density at radius 2 is 2.28 bits per heavy atom. The van der Waals surface area contributed by atoms with Gasteiger partial charge in [-0.05, 0) is 43.2 Å². The largest absolute Gasteiger partial charge is 0.478 e. The summed E-state index contributed by atoms with van der Waals surface area (Å²) in [5.41, 5.74) is 2.46. The number of rotatable bonds is 3. The zero-order chi connectivity index (χ0) is 13.3. The van der Waals surface area contributed by atoms with Gasteiger partial charge in [0.1, 0.15) is 0 Å². The van der Waals surface area contributed by atoms with Gasteiger partial charge in [0.2, 0.25) is 0 Å². The van der Waals surface area contributed by atoms with Crippen LogP contribution in [-0.2, 0) is 11.2 Å². The number of carboxylic acids is 1. The molecule has 1 aromatic heterocycles. The summed E-state index contributed by atoms with van der Waals surface area (Å²) in [6, 6.07) is 0. The molecule has 1 aromatic rings. The third kappa shape index (κ3) is 2.09. The fourth-order valence-corrected chi connectivity index (χ4v) is 2.86. The van der Waals surface area contributed by atoms with Gasteiger partial charge in [-0.2, -0.15) is 0 Å². The number of hydrogen-bond acceptors (Lipinski definition) is 2. The van der Waals surface area contributed by atoms with E-state index in [0.29, 0.717) is 11.5 Å². The Hall–Kier alpha value is -1.51. The maximum Gasteiger partial charge on any atom is 0.331 e. The SMILES string of the molecule is Cc1cocc1C[C@@]1(C)C(C(=O)O)=CCC[C@@H]1C. The molecule has 1 heterocycles. The lowest BCUT2D eigenvalue weighted by atomic mass is 9.64. The first-order valence-electron chi connectivity index (χ1n) is 6.40. The molecule has 0 unspecified atom stereocenters. The lowest BCUT2D eigenvalue weighted by Crippen LogP contribution is -2.36. The van der Waals surface area contributed by atoms with Crippen molar-refractivity contribution >= 4 is 5.97 Å². The van der Waals surface area contributed by atoms with Crippen LogP contribution in [0.2, 0.25) is 0 Å². The molecule has 3 nitrogen and oxygen atoms in total. The second-order valence-corrected chi connectivity index (χ2v) is 5.58. The normalized spacial score (nSPS) is 27.9. The average Bonchev–Trinajstić information content (AvgIpc) is 2.68. The van der Waals surface area contributed by atoms with Crippen molar-refractivity contribution in [3.63, 3.8) is 0 Å². The molecule has 0 saturated heterocycles. The van der Waals surface area contributed by atoms with Crippen LogP contribution in [0.3, 0.4) is 0 Å². The monoisotopic (exact) mass is 248 g/mol. The number of hydrogen-bond donors (Lipinski definition) is 1. The molecule has 98 valence electrons. The van der Waals surface area contributed by atoms with E-state index >= 15 is 0 Å². The maximum absolute atomic E-state index is 11.4. The molecule has 1 N–H and O–H groups in total. The van der Waals surface area contributed by atoms with Crippen LogP contribution < -0.4 is 0 Å². The van der Waals surface area contributed by atoms with Crippen LogP contribution in [0.1, 0.15) is 37.8 Å². The van der Waals surface area contributed by atoms with Crippen molar-refractivity contribution in [3.05, 3.63) is 35.3 Å². The Kier molecular flexibility index (Phi) is 3.33. The number of allylic oxidation sites excluding steroid dienone is 1. The molecule has 2 rings (SSSR count). The highest BCUT2D eigenvalue weighted by atomic mass is 16.4. The minimum absolute atomic E-state index is 0.307.